The van der Waals surface area contributed by atoms with Crippen molar-refractivity contribution in [3.63, 3.8) is 0 Å². The number of para-hydroxylation sites is 1. The Morgan fingerprint density at radius 3 is 2.70 bits per heavy atom. The van der Waals surface area contributed by atoms with Gasteiger partial charge in [-0.05, 0) is 24.1 Å². The molecule has 0 saturated carbocycles. The van der Waals surface area contributed by atoms with E-state index in [1.165, 1.54) is 0 Å². The van der Waals surface area contributed by atoms with E-state index in [2.05, 4.69) is 6.07 Å². The van der Waals surface area contributed by atoms with E-state index in [0.29, 0.717) is 0 Å². The molecule has 20 heavy (non-hydrogen) atoms. The molecular formula is C18H14O2. The zero-order chi connectivity index (χ0) is 13.7. The fraction of sp³-hybridized carbons (Fsp3) is 0.167. The van der Waals surface area contributed by atoms with Gasteiger partial charge in [-0.25, -0.2) is 0 Å². The topological polar surface area (TPSA) is 30.2 Å². The third-order valence-electron chi connectivity index (χ3n) is 4.09. The van der Waals surface area contributed by atoms with Crippen LogP contribution < -0.4 is 0 Å². The molecule has 3 aromatic rings. The highest BCUT2D eigenvalue weighted by Gasteiger charge is 2.29. The largest absolute Gasteiger partial charge is 0.456 e. The Bertz CT molecular complexity index is 793. The van der Waals surface area contributed by atoms with E-state index in [1.807, 2.05) is 49.4 Å². The molecule has 0 saturated heterocycles. The maximum Gasteiger partial charge on any atom is 0.166 e. The quantitative estimate of drug-likeness (QED) is 0.647. The number of Topliss-reactive ketones (excluding diaryl/α,β-unsaturated/α-hetero) is 1. The Morgan fingerprint density at radius 1 is 1.05 bits per heavy atom. The number of carbonyl (C=O) groups excluding carboxylic acids is 1. The molecule has 98 valence electrons. The zero-order valence-electron chi connectivity index (χ0n) is 11.2. The van der Waals surface area contributed by atoms with Crippen LogP contribution >= 0.6 is 0 Å². The Labute approximate surface area is 117 Å². The van der Waals surface area contributed by atoms with Gasteiger partial charge in [0.2, 0.25) is 0 Å². The first-order valence-corrected chi connectivity index (χ1v) is 6.89. The summed E-state index contributed by atoms with van der Waals surface area (Å²) in [5, 5.41) is 1.09. The number of carbonyl (C=O) groups is 1. The van der Waals surface area contributed by atoms with Gasteiger partial charge in [0.1, 0.15) is 11.3 Å². The minimum Gasteiger partial charge on any atom is -0.456 e. The maximum absolute atomic E-state index is 12.1. The van der Waals surface area contributed by atoms with Crippen molar-refractivity contribution in [1.82, 2.24) is 0 Å². The summed E-state index contributed by atoms with van der Waals surface area (Å²) in [6.45, 7) is 1.99. The second kappa shape index (κ2) is 4.07. The summed E-state index contributed by atoms with van der Waals surface area (Å²) in [6, 6.07) is 15.9. The summed E-state index contributed by atoms with van der Waals surface area (Å²) in [5.41, 5.74) is 3.92. The lowest BCUT2D eigenvalue weighted by molar-refractivity contribution is 0.0946. The number of hydrogen-bond acceptors (Lipinski definition) is 2. The van der Waals surface area contributed by atoms with Crippen LogP contribution in [0.5, 0.6) is 0 Å². The average molecular weight is 262 g/mol. The highest BCUT2D eigenvalue weighted by atomic mass is 16.3. The molecule has 1 aromatic heterocycles. The second-order valence-corrected chi connectivity index (χ2v) is 5.45. The van der Waals surface area contributed by atoms with Crippen LogP contribution in [0.2, 0.25) is 0 Å². The first-order valence-electron chi connectivity index (χ1n) is 6.89. The van der Waals surface area contributed by atoms with Gasteiger partial charge in [-0.2, -0.15) is 0 Å². The van der Waals surface area contributed by atoms with Gasteiger partial charge in [0.15, 0.2) is 5.78 Å². The summed E-state index contributed by atoms with van der Waals surface area (Å²) < 4.78 is 5.94. The SMILES string of the molecule is CC1Cc2c(cccc2-c2cc3ccccc3o2)C1=O. The van der Waals surface area contributed by atoms with Gasteiger partial charge in [0, 0.05) is 22.4 Å². The molecule has 1 atom stereocenters. The van der Waals surface area contributed by atoms with E-state index in [4.69, 9.17) is 4.42 Å². The smallest absolute Gasteiger partial charge is 0.166 e. The minimum absolute atomic E-state index is 0.0792. The molecule has 1 heterocycles. The molecule has 1 aliphatic rings. The molecule has 2 aromatic carbocycles. The van der Waals surface area contributed by atoms with Crippen molar-refractivity contribution in [2.75, 3.05) is 0 Å². The first-order chi connectivity index (χ1) is 9.74. The third kappa shape index (κ3) is 1.54. The summed E-state index contributed by atoms with van der Waals surface area (Å²) in [5.74, 6) is 1.18. The molecule has 0 radical (unpaired) electrons. The lowest BCUT2D eigenvalue weighted by Crippen LogP contribution is -2.02. The standard InChI is InChI=1S/C18H14O2/c1-11-9-15-13(6-4-7-14(15)18(11)19)17-10-12-5-2-3-8-16(12)20-17/h2-8,10-11H,9H2,1H3. The molecule has 4 rings (SSSR count). The molecule has 1 aliphatic carbocycles. The predicted octanol–water partition coefficient (Wildman–Crippen LogP) is 4.47. The van der Waals surface area contributed by atoms with Gasteiger partial charge in [-0.1, -0.05) is 43.3 Å². The molecular weight excluding hydrogens is 248 g/mol. The minimum atomic E-state index is 0.0792. The highest BCUT2D eigenvalue weighted by molar-refractivity contribution is 6.04. The van der Waals surface area contributed by atoms with Crippen LogP contribution in [-0.2, 0) is 6.42 Å². The van der Waals surface area contributed by atoms with E-state index in [1.54, 1.807) is 0 Å². The Hall–Kier alpha value is -2.35. The van der Waals surface area contributed by atoms with Gasteiger partial charge in [-0.3, -0.25) is 4.79 Å². The van der Waals surface area contributed by atoms with Crippen molar-refractivity contribution in [3.05, 3.63) is 59.7 Å². The fourth-order valence-corrected chi connectivity index (χ4v) is 3.05. The molecule has 2 heteroatoms. The van der Waals surface area contributed by atoms with E-state index in [9.17, 15) is 4.79 Å². The van der Waals surface area contributed by atoms with Gasteiger partial charge < -0.3 is 4.42 Å². The van der Waals surface area contributed by atoms with E-state index < -0.39 is 0 Å². The molecule has 0 spiro atoms. The third-order valence-corrected chi connectivity index (χ3v) is 4.09. The van der Waals surface area contributed by atoms with Crippen LogP contribution in [0.15, 0.2) is 52.9 Å². The molecule has 2 nitrogen and oxygen atoms in total. The number of hydrogen-bond donors (Lipinski definition) is 0. The lowest BCUT2D eigenvalue weighted by atomic mass is 10.0. The number of fused-ring (bicyclic) bond motifs is 2. The molecule has 1 unspecified atom stereocenters. The zero-order valence-corrected chi connectivity index (χ0v) is 11.2. The van der Waals surface area contributed by atoms with E-state index in [0.717, 1.165) is 39.8 Å². The van der Waals surface area contributed by atoms with E-state index in [-0.39, 0.29) is 11.7 Å². The van der Waals surface area contributed by atoms with Gasteiger partial charge in [-0.15, -0.1) is 0 Å². The van der Waals surface area contributed by atoms with Gasteiger partial charge in [0.25, 0.3) is 0 Å². The summed E-state index contributed by atoms with van der Waals surface area (Å²) in [4.78, 5) is 12.1. The monoisotopic (exact) mass is 262 g/mol. The van der Waals surface area contributed by atoms with Crippen molar-refractivity contribution in [2.24, 2.45) is 5.92 Å². The van der Waals surface area contributed by atoms with Gasteiger partial charge in [0.05, 0.1) is 0 Å². The second-order valence-electron chi connectivity index (χ2n) is 5.45. The van der Waals surface area contributed by atoms with Crippen LogP contribution in [0.4, 0.5) is 0 Å². The number of ketones is 1. The summed E-state index contributed by atoms with van der Waals surface area (Å²) in [6.07, 6.45) is 0.807. The van der Waals surface area contributed by atoms with Crippen molar-refractivity contribution in [3.8, 4) is 11.3 Å². The molecule has 0 fully saturated rings. The van der Waals surface area contributed by atoms with Gasteiger partial charge >= 0.3 is 0 Å². The number of benzene rings is 2. The first kappa shape index (κ1) is 11.5. The van der Waals surface area contributed by atoms with E-state index >= 15 is 0 Å². The molecule has 0 bridgehead atoms. The van der Waals surface area contributed by atoms with Crippen molar-refractivity contribution >= 4 is 16.8 Å². The Kier molecular flexibility index (Phi) is 2.34. The van der Waals surface area contributed by atoms with Crippen LogP contribution in [0.1, 0.15) is 22.8 Å². The molecule has 0 amide bonds. The lowest BCUT2D eigenvalue weighted by Gasteiger charge is -2.04. The Balaban J connectivity index is 1.94. The fourth-order valence-electron chi connectivity index (χ4n) is 3.05. The van der Waals surface area contributed by atoms with Crippen LogP contribution in [0, 0.1) is 5.92 Å². The van der Waals surface area contributed by atoms with Crippen LogP contribution in [-0.4, -0.2) is 5.78 Å². The van der Waals surface area contributed by atoms with Crippen molar-refractivity contribution in [2.45, 2.75) is 13.3 Å². The predicted molar refractivity (Wildman–Crippen MR) is 78.8 cm³/mol. The molecule has 0 N–H and O–H groups in total. The van der Waals surface area contributed by atoms with Crippen LogP contribution in [0.3, 0.4) is 0 Å². The number of furan rings is 1. The van der Waals surface area contributed by atoms with Crippen molar-refractivity contribution in [1.29, 1.82) is 0 Å². The van der Waals surface area contributed by atoms with Crippen LogP contribution in [0.25, 0.3) is 22.3 Å². The maximum atomic E-state index is 12.1. The van der Waals surface area contributed by atoms with Crippen molar-refractivity contribution < 1.29 is 9.21 Å². The molecule has 0 aliphatic heterocycles. The summed E-state index contributed by atoms with van der Waals surface area (Å²) in [7, 11) is 0. The number of rotatable bonds is 1. The Morgan fingerprint density at radius 2 is 1.85 bits per heavy atom. The average Bonchev–Trinajstić information content (AvgIpc) is 3.01. The normalized spacial score (nSPS) is 17.6. The highest BCUT2D eigenvalue weighted by Crippen LogP contribution is 2.36. The summed E-state index contributed by atoms with van der Waals surface area (Å²) >= 11 is 0.